The highest BCUT2D eigenvalue weighted by Gasteiger charge is 2.35. The van der Waals surface area contributed by atoms with Crippen molar-refractivity contribution in [1.29, 1.82) is 0 Å². The number of aliphatic carboxylic acids is 1. The molecule has 3 N–H and O–H groups in total. The zero-order valence-corrected chi connectivity index (χ0v) is 10.2. The molecule has 1 atom stereocenters. The number of hydrogen-bond acceptors (Lipinski definition) is 3. The molecule has 1 unspecified atom stereocenters. The van der Waals surface area contributed by atoms with Gasteiger partial charge < -0.3 is 10.8 Å². The third-order valence-electron chi connectivity index (χ3n) is 2.23. The van der Waals surface area contributed by atoms with Crippen LogP contribution in [0.3, 0.4) is 0 Å². The average molecular weight is 278 g/mol. The van der Waals surface area contributed by atoms with Gasteiger partial charge in [0.15, 0.2) is 0 Å². The summed E-state index contributed by atoms with van der Waals surface area (Å²) in [4.78, 5) is 12.0. The predicted molar refractivity (Wildman–Crippen MR) is 60.7 cm³/mol. The van der Waals surface area contributed by atoms with E-state index in [0.717, 1.165) is 8.66 Å². The van der Waals surface area contributed by atoms with Gasteiger partial charge in [-0.1, -0.05) is 0 Å². The Hall–Kier alpha value is -0.390. The maximum absolute atomic E-state index is 11.2. The standard InChI is InChI=1S/C9H12BrNO2S/c1-9(4-5-11,8(12)13)6-2-3-7(10)14-6/h2-3H,4-5,11H2,1H3,(H,12,13). The Labute approximate surface area is 95.1 Å². The maximum Gasteiger partial charge on any atom is 0.314 e. The van der Waals surface area contributed by atoms with Crippen LogP contribution in [0, 0.1) is 0 Å². The molecule has 14 heavy (non-hydrogen) atoms. The highest BCUT2D eigenvalue weighted by Crippen LogP contribution is 2.35. The molecule has 0 amide bonds. The van der Waals surface area contributed by atoms with E-state index < -0.39 is 11.4 Å². The summed E-state index contributed by atoms with van der Waals surface area (Å²) in [7, 11) is 0. The summed E-state index contributed by atoms with van der Waals surface area (Å²) in [5, 5.41) is 9.16. The molecule has 1 rings (SSSR count). The molecule has 0 aromatic carbocycles. The number of nitrogens with two attached hydrogens (primary N) is 1. The Bertz CT molecular complexity index is 339. The van der Waals surface area contributed by atoms with Crippen LogP contribution in [0.1, 0.15) is 18.2 Å². The fourth-order valence-electron chi connectivity index (χ4n) is 1.24. The number of carbonyl (C=O) groups is 1. The summed E-state index contributed by atoms with van der Waals surface area (Å²) in [6.45, 7) is 2.08. The SMILES string of the molecule is CC(CCN)(C(=O)O)c1ccc(Br)s1. The van der Waals surface area contributed by atoms with E-state index in [9.17, 15) is 4.79 Å². The topological polar surface area (TPSA) is 63.3 Å². The second-order valence-corrected chi connectivity index (χ2v) is 5.74. The van der Waals surface area contributed by atoms with Crippen LogP contribution in [0.15, 0.2) is 15.9 Å². The second kappa shape index (κ2) is 4.42. The minimum absolute atomic E-state index is 0.373. The van der Waals surface area contributed by atoms with Gasteiger partial charge in [0.2, 0.25) is 0 Å². The van der Waals surface area contributed by atoms with Gasteiger partial charge in [0.25, 0.3) is 0 Å². The maximum atomic E-state index is 11.2. The Kier molecular flexibility index (Phi) is 3.69. The normalized spacial score (nSPS) is 15.1. The summed E-state index contributed by atoms with van der Waals surface area (Å²) < 4.78 is 0.942. The van der Waals surface area contributed by atoms with Gasteiger partial charge in [-0.2, -0.15) is 0 Å². The van der Waals surface area contributed by atoms with E-state index in [0.29, 0.717) is 13.0 Å². The monoisotopic (exact) mass is 277 g/mol. The van der Waals surface area contributed by atoms with Gasteiger partial charge in [-0.25, -0.2) is 0 Å². The van der Waals surface area contributed by atoms with Gasteiger partial charge in [0.1, 0.15) is 5.41 Å². The van der Waals surface area contributed by atoms with Crippen molar-refractivity contribution in [1.82, 2.24) is 0 Å². The molecule has 0 fully saturated rings. The highest BCUT2D eigenvalue weighted by molar-refractivity contribution is 9.11. The van der Waals surface area contributed by atoms with Crippen molar-refractivity contribution in [3.8, 4) is 0 Å². The summed E-state index contributed by atoms with van der Waals surface area (Å²) in [6, 6.07) is 3.69. The van der Waals surface area contributed by atoms with Gasteiger partial charge >= 0.3 is 5.97 Å². The highest BCUT2D eigenvalue weighted by atomic mass is 79.9. The van der Waals surface area contributed by atoms with Crippen LogP contribution < -0.4 is 5.73 Å². The van der Waals surface area contributed by atoms with Crippen molar-refractivity contribution >= 4 is 33.2 Å². The zero-order valence-electron chi connectivity index (χ0n) is 7.79. The number of rotatable bonds is 4. The number of hydrogen-bond donors (Lipinski definition) is 2. The van der Waals surface area contributed by atoms with Crippen molar-refractivity contribution in [2.45, 2.75) is 18.8 Å². The van der Waals surface area contributed by atoms with Crippen LogP contribution in [-0.4, -0.2) is 17.6 Å². The fraction of sp³-hybridized carbons (Fsp3) is 0.444. The molecule has 5 heteroatoms. The Morgan fingerprint density at radius 2 is 2.36 bits per heavy atom. The first-order valence-corrected chi connectivity index (χ1v) is 5.81. The molecule has 0 radical (unpaired) electrons. The van der Waals surface area contributed by atoms with Crippen LogP contribution >= 0.6 is 27.3 Å². The molecule has 78 valence electrons. The van der Waals surface area contributed by atoms with Crippen molar-refractivity contribution in [2.24, 2.45) is 5.73 Å². The molecule has 1 heterocycles. The summed E-state index contributed by atoms with van der Waals surface area (Å²) in [6.07, 6.45) is 0.454. The molecular formula is C9H12BrNO2S. The summed E-state index contributed by atoms with van der Waals surface area (Å²) in [5.74, 6) is -0.822. The van der Waals surface area contributed by atoms with E-state index in [-0.39, 0.29) is 0 Å². The van der Waals surface area contributed by atoms with E-state index >= 15 is 0 Å². The minimum Gasteiger partial charge on any atom is -0.481 e. The molecule has 3 nitrogen and oxygen atoms in total. The van der Waals surface area contributed by atoms with E-state index in [1.807, 2.05) is 12.1 Å². The largest absolute Gasteiger partial charge is 0.481 e. The van der Waals surface area contributed by atoms with Crippen LogP contribution in [0.4, 0.5) is 0 Å². The Balaban J connectivity index is 3.05. The number of carboxylic acid groups (broad SMARTS) is 1. The van der Waals surface area contributed by atoms with Gasteiger partial charge in [0.05, 0.1) is 3.79 Å². The first-order chi connectivity index (χ1) is 6.50. The quantitative estimate of drug-likeness (QED) is 0.887. The number of halogens is 1. The van der Waals surface area contributed by atoms with E-state index in [2.05, 4.69) is 15.9 Å². The number of thiophene rings is 1. The number of carboxylic acids is 1. The molecule has 0 saturated carbocycles. The van der Waals surface area contributed by atoms with Crippen molar-refractivity contribution in [2.75, 3.05) is 6.54 Å². The summed E-state index contributed by atoms with van der Waals surface area (Å²) >= 11 is 4.76. The van der Waals surface area contributed by atoms with E-state index in [1.165, 1.54) is 11.3 Å². The first-order valence-electron chi connectivity index (χ1n) is 4.20. The molecule has 0 saturated heterocycles. The average Bonchev–Trinajstić information content (AvgIpc) is 2.52. The van der Waals surface area contributed by atoms with Crippen molar-refractivity contribution < 1.29 is 9.90 Å². The van der Waals surface area contributed by atoms with Gasteiger partial charge in [-0.05, 0) is 48.0 Å². The first kappa shape index (κ1) is 11.7. The van der Waals surface area contributed by atoms with Crippen LogP contribution in [-0.2, 0) is 10.2 Å². The van der Waals surface area contributed by atoms with Crippen LogP contribution in [0.5, 0.6) is 0 Å². The Morgan fingerprint density at radius 3 is 2.71 bits per heavy atom. The minimum atomic E-state index is -0.856. The fourth-order valence-corrected chi connectivity index (χ4v) is 2.79. The molecule has 1 aromatic heterocycles. The smallest absolute Gasteiger partial charge is 0.314 e. The lowest BCUT2D eigenvalue weighted by Gasteiger charge is -2.22. The van der Waals surface area contributed by atoms with E-state index in [1.54, 1.807) is 6.92 Å². The van der Waals surface area contributed by atoms with E-state index in [4.69, 9.17) is 10.8 Å². The van der Waals surface area contributed by atoms with Crippen molar-refractivity contribution in [3.63, 3.8) is 0 Å². The molecule has 0 bridgehead atoms. The van der Waals surface area contributed by atoms with Crippen LogP contribution in [0.2, 0.25) is 0 Å². The molecule has 0 aliphatic heterocycles. The summed E-state index contributed by atoms with van der Waals surface area (Å²) in [5.41, 5.74) is 4.57. The van der Waals surface area contributed by atoms with Crippen molar-refractivity contribution in [3.05, 3.63) is 20.8 Å². The van der Waals surface area contributed by atoms with Gasteiger partial charge in [-0.3, -0.25) is 4.79 Å². The molecule has 0 aliphatic rings. The lowest BCUT2D eigenvalue weighted by atomic mass is 9.85. The zero-order chi connectivity index (χ0) is 10.8. The Morgan fingerprint density at radius 1 is 1.71 bits per heavy atom. The molecule has 0 aliphatic carbocycles. The van der Waals surface area contributed by atoms with Gasteiger partial charge in [-0.15, -0.1) is 11.3 Å². The molecular weight excluding hydrogens is 266 g/mol. The van der Waals surface area contributed by atoms with Crippen LogP contribution in [0.25, 0.3) is 0 Å². The second-order valence-electron chi connectivity index (χ2n) is 3.28. The lowest BCUT2D eigenvalue weighted by molar-refractivity contribution is -0.143. The van der Waals surface area contributed by atoms with Gasteiger partial charge in [0, 0.05) is 4.88 Å². The third-order valence-corrected chi connectivity index (χ3v) is 4.12. The lowest BCUT2D eigenvalue weighted by Crippen LogP contribution is -2.33. The predicted octanol–water partition coefficient (Wildman–Crippen LogP) is 2.20. The molecule has 1 aromatic rings. The molecule has 0 spiro atoms. The third kappa shape index (κ3) is 2.16.